The van der Waals surface area contributed by atoms with Gasteiger partial charge in [0.25, 0.3) is 5.91 Å². The number of likely N-dealkylation sites (N-methyl/N-ethyl adjacent to an activating group) is 1. The summed E-state index contributed by atoms with van der Waals surface area (Å²) in [5.74, 6) is -1.81. The van der Waals surface area contributed by atoms with E-state index < -0.39 is 41.7 Å². The molecule has 0 radical (unpaired) electrons. The summed E-state index contributed by atoms with van der Waals surface area (Å²) in [4.78, 5) is 48.7. The van der Waals surface area contributed by atoms with Crippen LogP contribution in [0.3, 0.4) is 0 Å². The van der Waals surface area contributed by atoms with Crippen LogP contribution < -0.4 is 21.3 Å². The van der Waals surface area contributed by atoms with Gasteiger partial charge < -0.3 is 31.1 Å². The molecular formula is C20H38N4O6. The number of ether oxygens (including phenoxy) is 1. The number of aliphatic hydroxyl groups is 1. The molecule has 3 atom stereocenters. The van der Waals surface area contributed by atoms with E-state index in [0.717, 1.165) is 0 Å². The maximum atomic E-state index is 12.7. The van der Waals surface area contributed by atoms with Crippen molar-refractivity contribution in [2.24, 2.45) is 11.8 Å². The van der Waals surface area contributed by atoms with E-state index in [2.05, 4.69) is 21.3 Å². The summed E-state index contributed by atoms with van der Waals surface area (Å²) in [7, 11) is 1.48. The van der Waals surface area contributed by atoms with E-state index in [4.69, 9.17) is 4.74 Å². The molecule has 10 heteroatoms. The third-order valence-electron chi connectivity index (χ3n) is 3.97. The highest BCUT2D eigenvalue weighted by molar-refractivity contribution is 5.93. The van der Waals surface area contributed by atoms with Crippen molar-refractivity contribution in [3.8, 4) is 0 Å². The molecule has 4 amide bonds. The Kier molecular flexibility index (Phi) is 11.4. The Hall–Kier alpha value is -2.36. The van der Waals surface area contributed by atoms with E-state index in [0.29, 0.717) is 6.42 Å². The maximum Gasteiger partial charge on any atom is 0.407 e. The van der Waals surface area contributed by atoms with Gasteiger partial charge in [0.05, 0.1) is 6.54 Å². The first-order valence-corrected chi connectivity index (χ1v) is 10.1. The van der Waals surface area contributed by atoms with Gasteiger partial charge in [-0.05, 0) is 39.0 Å². The van der Waals surface area contributed by atoms with Gasteiger partial charge in [-0.15, -0.1) is 0 Å². The van der Waals surface area contributed by atoms with Crippen LogP contribution in [0.1, 0.15) is 54.9 Å². The van der Waals surface area contributed by atoms with Crippen LogP contribution in [0, 0.1) is 11.8 Å². The average Bonchev–Trinajstić information content (AvgIpc) is 2.60. The zero-order chi connectivity index (χ0) is 23.6. The van der Waals surface area contributed by atoms with Crippen molar-refractivity contribution >= 4 is 23.8 Å². The molecular weight excluding hydrogens is 392 g/mol. The SMILES string of the molecule is CNC(=O)[C@H](CC(C)C)NC(=O)[C@@H](NC(=O)C(O)CNC(=O)OC(C)(C)C)C(C)C. The molecule has 0 aliphatic rings. The van der Waals surface area contributed by atoms with E-state index >= 15 is 0 Å². The molecule has 10 nitrogen and oxygen atoms in total. The van der Waals surface area contributed by atoms with Gasteiger partial charge in [0.1, 0.15) is 23.8 Å². The van der Waals surface area contributed by atoms with Crippen LogP contribution in [-0.2, 0) is 19.1 Å². The van der Waals surface area contributed by atoms with Gasteiger partial charge >= 0.3 is 6.09 Å². The number of carbonyl (C=O) groups excluding carboxylic acids is 4. The molecule has 30 heavy (non-hydrogen) atoms. The quantitative estimate of drug-likeness (QED) is 0.337. The van der Waals surface area contributed by atoms with Crippen LogP contribution in [0.2, 0.25) is 0 Å². The number of amides is 4. The molecule has 0 bridgehead atoms. The van der Waals surface area contributed by atoms with Gasteiger partial charge in [-0.2, -0.15) is 0 Å². The number of hydrogen-bond donors (Lipinski definition) is 5. The Bertz CT molecular complexity index is 601. The Morgan fingerprint density at radius 3 is 1.93 bits per heavy atom. The molecule has 5 N–H and O–H groups in total. The second-order valence-electron chi connectivity index (χ2n) is 8.93. The molecule has 174 valence electrons. The molecule has 0 aliphatic carbocycles. The van der Waals surface area contributed by atoms with Crippen molar-refractivity contribution < 1.29 is 29.0 Å². The number of nitrogens with one attached hydrogen (secondary N) is 4. The van der Waals surface area contributed by atoms with Crippen LogP contribution in [0.25, 0.3) is 0 Å². The van der Waals surface area contributed by atoms with Crippen molar-refractivity contribution in [1.29, 1.82) is 0 Å². The topological polar surface area (TPSA) is 146 Å². The van der Waals surface area contributed by atoms with E-state index in [1.807, 2.05) is 13.8 Å². The lowest BCUT2D eigenvalue weighted by atomic mass is 9.99. The zero-order valence-electron chi connectivity index (χ0n) is 19.3. The highest BCUT2D eigenvalue weighted by Gasteiger charge is 2.30. The van der Waals surface area contributed by atoms with Gasteiger partial charge in [0.2, 0.25) is 11.8 Å². The van der Waals surface area contributed by atoms with Crippen molar-refractivity contribution in [3.63, 3.8) is 0 Å². The molecule has 0 saturated heterocycles. The lowest BCUT2D eigenvalue weighted by Crippen LogP contribution is -2.57. The molecule has 0 aromatic heterocycles. The summed E-state index contributed by atoms with van der Waals surface area (Å²) >= 11 is 0. The number of carbonyl (C=O) groups is 4. The van der Waals surface area contributed by atoms with Gasteiger partial charge in [-0.3, -0.25) is 14.4 Å². The lowest BCUT2D eigenvalue weighted by molar-refractivity contribution is -0.136. The fourth-order valence-electron chi connectivity index (χ4n) is 2.51. The van der Waals surface area contributed by atoms with E-state index in [9.17, 15) is 24.3 Å². The summed E-state index contributed by atoms with van der Waals surface area (Å²) in [6, 6.07) is -1.70. The van der Waals surface area contributed by atoms with Gasteiger partial charge in [-0.1, -0.05) is 27.7 Å². The Morgan fingerprint density at radius 2 is 1.50 bits per heavy atom. The molecule has 0 rings (SSSR count). The first-order chi connectivity index (χ1) is 13.7. The molecule has 0 aliphatic heterocycles. The number of aliphatic hydroxyl groups excluding tert-OH is 1. The number of rotatable bonds is 10. The Labute approximate surface area is 178 Å². The maximum absolute atomic E-state index is 12.7. The van der Waals surface area contributed by atoms with Crippen molar-refractivity contribution in [2.75, 3.05) is 13.6 Å². The predicted octanol–water partition coefficient (Wildman–Crippen LogP) is 0.290. The molecule has 1 unspecified atom stereocenters. The third-order valence-corrected chi connectivity index (χ3v) is 3.97. The second-order valence-corrected chi connectivity index (χ2v) is 8.93. The van der Waals surface area contributed by atoms with Gasteiger partial charge in [0, 0.05) is 7.05 Å². The van der Waals surface area contributed by atoms with E-state index in [1.165, 1.54) is 7.05 Å². The average molecular weight is 431 g/mol. The second kappa shape index (κ2) is 12.4. The van der Waals surface area contributed by atoms with Crippen molar-refractivity contribution in [2.45, 2.75) is 78.7 Å². The number of hydrogen-bond acceptors (Lipinski definition) is 6. The standard InChI is InChI=1S/C20H38N4O6/c1-11(2)9-13(16(26)21-8)23-18(28)15(12(3)4)24-17(27)14(25)10-22-19(29)30-20(5,6)7/h11-15,25H,9-10H2,1-8H3,(H,21,26)(H,22,29)(H,23,28)(H,24,27)/t13-,14?,15-/m0/s1. The van der Waals surface area contributed by atoms with Crippen molar-refractivity contribution in [3.05, 3.63) is 0 Å². The minimum absolute atomic E-state index is 0.167. The normalized spacial score (nSPS) is 14.5. The fourth-order valence-corrected chi connectivity index (χ4v) is 2.51. The molecule has 0 heterocycles. The molecule has 0 spiro atoms. The highest BCUT2D eigenvalue weighted by atomic mass is 16.6. The first kappa shape index (κ1) is 27.6. The Balaban J connectivity index is 4.96. The smallest absolute Gasteiger partial charge is 0.407 e. The summed E-state index contributed by atoms with van der Waals surface area (Å²) in [6.45, 7) is 12.0. The largest absolute Gasteiger partial charge is 0.444 e. The zero-order valence-corrected chi connectivity index (χ0v) is 19.3. The lowest BCUT2D eigenvalue weighted by Gasteiger charge is -2.26. The predicted molar refractivity (Wildman–Crippen MR) is 112 cm³/mol. The van der Waals surface area contributed by atoms with Crippen LogP contribution in [0.4, 0.5) is 4.79 Å². The van der Waals surface area contributed by atoms with Gasteiger partial charge in [-0.25, -0.2) is 4.79 Å². The monoisotopic (exact) mass is 430 g/mol. The summed E-state index contributed by atoms with van der Waals surface area (Å²) in [6.07, 6.45) is -1.90. The molecule has 0 saturated carbocycles. The fraction of sp³-hybridized carbons (Fsp3) is 0.800. The molecule has 0 aromatic carbocycles. The van der Waals surface area contributed by atoms with E-state index in [-0.39, 0.29) is 24.3 Å². The Morgan fingerprint density at radius 1 is 0.933 bits per heavy atom. The first-order valence-electron chi connectivity index (χ1n) is 10.1. The van der Waals surface area contributed by atoms with Gasteiger partial charge in [0.15, 0.2) is 0 Å². The summed E-state index contributed by atoms with van der Waals surface area (Å²) < 4.78 is 5.04. The summed E-state index contributed by atoms with van der Waals surface area (Å²) in [5.41, 5.74) is -0.713. The van der Waals surface area contributed by atoms with Crippen LogP contribution in [0.5, 0.6) is 0 Å². The van der Waals surface area contributed by atoms with Crippen LogP contribution >= 0.6 is 0 Å². The van der Waals surface area contributed by atoms with E-state index in [1.54, 1.807) is 34.6 Å². The minimum Gasteiger partial charge on any atom is -0.444 e. The number of alkyl carbamates (subject to hydrolysis) is 1. The van der Waals surface area contributed by atoms with Crippen molar-refractivity contribution in [1.82, 2.24) is 21.3 Å². The van der Waals surface area contributed by atoms with Crippen LogP contribution in [0.15, 0.2) is 0 Å². The highest BCUT2D eigenvalue weighted by Crippen LogP contribution is 2.09. The third kappa shape index (κ3) is 11.0. The molecule has 0 aromatic rings. The molecule has 0 fully saturated rings. The minimum atomic E-state index is -1.57. The summed E-state index contributed by atoms with van der Waals surface area (Å²) in [5, 5.41) is 20.0. The van der Waals surface area contributed by atoms with Crippen LogP contribution in [-0.4, -0.2) is 66.3 Å².